The Kier molecular flexibility index (Phi) is 5.41. The van der Waals surface area contributed by atoms with Crippen molar-refractivity contribution >= 4 is 11.0 Å². The number of aromatic amines is 1. The van der Waals surface area contributed by atoms with Gasteiger partial charge < -0.3 is 9.88 Å². The number of nitrogens with one attached hydrogen (secondary N) is 1. The summed E-state index contributed by atoms with van der Waals surface area (Å²) in [6.07, 6.45) is 17.8. The first-order valence-corrected chi connectivity index (χ1v) is 13.2. The maximum Gasteiger partial charge on any atom is 0.253 e. The fourth-order valence-electron chi connectivity index (χ4n) is 6.89. The lowest BCUT2D eigenvalue weighted by Crippen LogP contribution is -2.44. The summed E-state index contributed by atoms with van der Waals surface area (Å²) in [5.41, 5.74) is 4.87. The molecule has 1 unspecified atom stereocenters. The number of fused-ring (bicyclic) bond motifs is 3. The Balaban J connectivity index is 1.32. The molecule has 2 aromatic heterocycles. The van der Waals surface area contributed by atoms with Crippen LogP contribution < -0.4 is 5.56 Å². The van der Waals surface area contributed by atoms with E-state index >= 15 is 0 Å². The van der Waals surface area contributed by atoms with E-state index in [1.165, 1.54) is 100 Å². The molecule has 3 heterocycles. The van der Waals surface area contributed by atoms with Crippen LogP contribution in [0.25, 0.3) is 11.0 Å². The summed E-state index contributed by atoms with van der Waals surface area (Å²) in [5, 5.41) is 6.55. The molecular formula is C26H38N4O. The van der Waals surface area contributed by atoms with Crippen molar-refractivity contribution in [3.8, 4) is 0 Å². The Morgan fingerprint density at radius 3 is 2.45 bits per heavy atom. The molecule has 4 aliphatic rings. The zero-order chi connectivity index (χ0) is 20.8. The summed E-state index contributed by atoms with van der Waals surface area (Å²) in [4.78, 5) is 19.0. The van der Waals surface area contributed by atoms with Gasteiger partial charge in [-0.15, -0.1) is 0 Å². The number of likely N-dealkylation sites (tertiary alicyclic amines) is 1. The number of hydrogen-bond acceptors (Lipinski definition) is 3. The molecule has 0 spiro atoms. The van der Waals surface area contributed by atoms with Crippen molar-refractivity contribution in [1.82, 2.24) is 19.7 Å². The molecule has 1 saturated heterocycles. The van der Waals surface area contributed by atoms with E-state index in [1.807, 2.05) is 0 Å². The van der Waals surface area contributed by atoms with Crippen LogP contribution in [0.4, 0.5) is 0 Å². The number of piperidine rings is 1. The Morgan fingerprint density at radius 1 is 0.871 bits per heavy atom. The van der Waals surface area contributed by atoms with Crippen LogP contribution in [0.2, 0.25) is 0 Å². The minimum Gasteiger partial charge on any atom is -0.307 e. The highest BCUT2D eigenvalue weighted by Crippen LogP contribution is 2.41. The molecule has 3 fully saturated rings. The van der Waals surface area contributed by atoms with Crippen molar-refractivity contribution in [1.29, 1.82) is 0 Å². The second-order valence-electron chi connectivity index (χ2n) is 10.8. The Labute approximate surface area is 185 Å². The predicted molar refractivity (Wildman–Crippen MR) is 125 cm³/mol. The van der Waals surface area contributed by atoms with Gasteiger partial charge in [-0.05, 0) is 82.2 Å². The average molecular weight is 423 g/mol. The number of rotatable bonds is 4. The summed E-state index contributed by atoms with van der Waals surface area (Å²) >= 11 is 0. The third kappa shape index (κ3) is 3.67. The standard InChI is InChI=1S/C26H38N4O/c31-26-22-14-5-4-13-21(22)23-24(19-9-6-10-19)28-30(25(23)27-26)17-18-8-7-15-29(16-18)20-11-2-1-3-12-20/h18-20H,1-17H2,(H,27,31). The summed E-state index contributed by atoms with van der Waals surface area (Å²) < 4.78 is 2.22. The van der Waals surface area contributed by atoms with Crippen LogP contribution >= 0.6 is 0 Å². The zero-order valence-electron chi connectivity index (χ0n) is 19.0. The van der Waals surface area contributed by atoms with Crippen LogP contribution in [0.1, 0.15) is 99.8 Å². The van der Waals surface area contributed by atoms with Gasteiger partial charge in [-0.3, -0.25) is 4.79 Å². The lowest BCUT2D eigenvalue weighted by atomic mass is 9.80. The minimum atomic E-state index is 0.149. The molecule has 2 aromatic rings. The predicted octanol–water partition coefficient (Wildman–Crippen LogP) is 4.92. The van der Waals surface area contributed by atoms with Crippen molar-refractivity contribution in [2.24, 2.45) is 5.92 Å². The Morgan fingerprint density at radius 2 is 1.68 bits per heavy atom. The molecule has 0 radical (unpaired) electrons. The lowest BCUT2D eigenvalue weighted by Gasteiger charge is -2.40. The van der Waals surface area contributed by atoms with E-state index in [-0.39, 0.29) is 5.56 Å². The molecule has 1 aliphatic heterocycles. The highest BCUT2D eigenvalue weighted by atomic mass is 16.1. The van der Waals surface area contributed by atoms with Gasteiger partial charge in [0.25, 0.3) is 5.56 Å². The molecule has 6 rings (SSSR count). The fourth-order valence-corrected chi connectivity index (χ4v) is 6.89. The van der Waals surface area contributed by atoms with Gasteiger partial charge in [0.2, 0.25) is 0 Å². The monoisotopic (exact) mass is 422 g/mol. The molecule has 3 aliphatic carbocycles. The van der Waals surface area contributed by atoms with E-state index < -0.39 is 0 Å². The molecule has 0 bridgehead atoms. The van der Waals surface area contributed by atoms with Crippen molar-refractivity contribution in [2.75, 3.05) is 13.1 Å². The van der Waals surface area contributed by atoms with Gasteiger partial charge in [0, 0.05) is 36.0 Å². The quantitative estimate of drug-likeness (QED) is 0.761. The summed E-state index contributed by atoms with van der Waals surface area (Å²) in [6.45, 7) is 3.44. The first-order valence-electron chi connectivity index (χ1n) is 13.2. The van der Waals surface area contributed by atoms with Crippen molar-refractivity contribution < 1.29 is 0 Å². The van der Waals surface area contributed by atoms with Gasteiger partial charge >= 0.3 is 0 Å². The van der Waals surface area contributed by atoms with E-state index in [9.17, 15) is 4.79 Å². The summed E-state index contributed by atoms with van der Waals surface area (Å²) in [6, 6.07) is 0.809. The third-order valence-electron chi connectivity index (χ3n) is 8.82. The van der Waals surface area contributed by atoms with Gasteiger partial charge in [0.15, 0.2) is 0 Å². The molecule has 1 N–H and O–H groups in total. The first-order chi connectivity index (χ1) is 15.3. The summed E-state index contributed by atoms with van der Waals surface area (Å²) in [5.74, 6) is 1.25. The zero-order valence-corrected chi connectivity index (χ0v) is 19.0. The van der Waals surface area contributed by atoms with Crippen LogP contribution in [0.5, 0.6) is 0 Å². The third-order valence-corrected chi connectivity index (χ3v) is 8.82. The second-order valence-corrected chi connectivity index (χ2v) is 10.8. The van der Waals surface area contributed by atoms with Crippen LogP contribution in [0, 0.1) is 5.92 Å². The largest absolute Gasteiger partial charge is 0.307 e. The first kappa shape index (κ1) is 20.0. The Bertz CT molecular complexity index is 995. The SMILES string of the molecule is O=c1[nH]c2c(c(C3CCC3)nn2CC2CCCN(C3CCCCC3)C2)c2c1CCCC2. The highest BCUT2D eigenvalue weighted by Gasteiger charge is 2.31. The Hall–Kier alpha value is -1.62. The molecule has 31 heavy (non-hydrogen) atoms. The van der Waals surface area contributed by atoms with Crippen molar-refractivity contribution in [3.63, 3.8) is 0 Å². The normalized spacial score (nSPS) is 26.1. The smallest absolute Gasteiger partial charge is 0.253 e. The molecule has 5 heteroatoms. The molecular weight excluding hydrogens is 384 g/mol. The van der Waals surface area contributed by atoms with Gasteiger partial charge in [0.05, 0.1) is 5.69 Å². The van der Waals surface area contributed by atoms with Crippen molar-refractivity contribution in [3.05, 3.63) is 27.2 Å². The maximum absolute atomic E-state index is 12.9. The highest BCUT2D eigenvalue weighted by molar-refractivity contribution is 5.84. The number of aromatic nitrogens is 3. The van der Waals surface area contributed by atoms with E-state index in [2.05, 4.69) is 14.6 Å². The molecule has 0 amide bonds. The minimum absolute atomic E-state index is 0.149. The van der Waals surface area contributed by atoms with E-state index in [0.29, 0.717) is 11.8 Å². The molecule has 0 aromatic carbocycles. The van der Waals surface area contributed by atoms with E-state index in [4.69, 9.17) is 5.10 Å². The van der Waals surface area contributed by atoms with E-state index in [0.717, 1.165) is 43.1 Å². The van der Waals surface area contributed by atoms with Gasteiger partial charge in [-0.2, -0.15) is 5.10 Å². The van der Waals surface area contributed by atoms with Crippen LogP contribution in [0.15, 0.2) is 4.79 Å². The van der Waals surface area contributed by atoms with Crippen LogP contribution in [0.3, 0.4) is 0 Å². The topological polar surface area (TPSA) is 53.9 Å². The maximum atomic E-state index is 12.9. The molecule has 2 saturated carbocycles. The fraction of sp³-hybridized carbons (Fsp3) is 0.769. The number of nitrogens with zero attached hydrogens (tertiary/aromatic N) is 3. The molecule has 1 atom stereocenters. The van der Waals surface area contributed by atoms with Gasteiger partial charge in [-0.25, -0.2) is 4.68 Å². The summed E-state index contributed by atoms with van der Waals surface area (Å²) in [7, 11) is 0. The average Bonchev–Trinajstić information content (AvgIpc) is 3.11. The van der Waals surface area contributed by atoms with Gasteiger partial charge in [-0.1, -0.05) is 25.7 Å². The number of hydrogen-bond donors (Lipinski definition) is 1. The van der Waals surface area contributed by atoms with Crippen LogP contribution in [-0.4, -0.2) is 38.8 Å². The molecule has 5 nitrogen and oxygen atoms in total. The van der Waals surface area contributed by atoms with Gasteiger partial charge in [0.1, 0.15) is 5.65 Å². The molecule has 168 valence electrons. The van der Waals surface area contributed by atoms with Crippen LogP contribution in [-0.2, 0) is 19.4 Å². The van der Waals surface area contributed by atoms with Crippen molar-refractivity contribution in [2.45, 2.75) is 108 Å². The number of H-pyrrole nitrogens is 1. The second kappa shape index (κ2) is 8.38. The lowest BCUT2D eigenvalue weighted by molar-refractivity contribution is 0.0914. The number of aryl methyl sites for hydroxylation is 1. The van der Waals surface area contributed by atoms with E-state index in [1.54, 1.807) is 0 Å². The number of pyridine rings is 1.